The Hall–Kier alpha value is -3.25. The summed E-state index contributed by atoms with van der Waals surface area (Å²) in [5, 5.41) is 14.3. The Morgan fingerprint density at radius 3 is 2.90 bits per heavy atom. The van der Waals surface area contributed by atoms with E-state index in [0.717, 1.165) is 10.6 Å². The van der Waals surface area contributed by atoms with Crippen molar-refractivity contribution >= 4 is 44.2 Å². The van der Waals surface area contributed by atoms with Gasteiger partial charge in [-0.3, -0.25) is 4.79 Å². The van der Waals surface area contributed by atoms with Crippen LogP contribution in [-0.4, -0.2) is 52.0 Å². The molecule has 0 aliphatic carbocycles. The zero-order chi connectivity index (χ0) is 20.0. The molecule has 3 aromatic rings. The number of anilines is 2. The number of benzene rings is 2. The smallest absolute Gasteiger partial charge is 0.257 e. The van der Waals surface area contributed by atoms with Gasteiger partial charge in [-0.15, -0.1) is 9.50 Å². The van der Waals surface area contributed by atoms with E-state index in [4.69, 9.17) is 0 Å². The summed E-state index contributed by atoms with van der Waals surface area (Å²) in [7, 11) is -3.41. The number of tetrazole rings is 1. The molecule has 1 N–H and O–H groups in total. The van der Waals surface area contributed by atoms with E-state index in [9.17, 15) is 13.2 Å². The summed E-state index contributed by atoms with van der Waals surface area (Å²) in [5.74, 6) is -0.294. The van der Waals surface area contributed by atoms with Crippen molar-refractivity contribution in [3.05, 3.63) is 54.4 Å². The lowest BCUT2D eigenvalue weighted by molar-refractivity contribution is 0.102. The average molecular weight is 427 g/mol. The molecule has 10 nitrogen and oxygen atoms in total. The number of carbonyl (C=O) groups is 1. The predicted octanol–water partition coefficient (Wildman–Crippen LogP) is 1.53. The normalized spacial score (nSPS) is 16.7. The molecule has 2 aliphatic heterocycles. The van der Waals surface area contributed by atoms with Crippen molar-refractivity contribution in [1.29, 1.82) is 0 Å². The largest absolute Gasteiger partial charge is 0.322 e. The highest BCUT2D eigenvalue weighted by Gasteiger charge is 2.33. The van der Waals surface area contributed by atoms with E-state index in [1.165, 1.54) is 22.8 Å². The number of hydrogen-bond donors (Lipinski definition) is 1. The van der Waals surface area contributed by atoms with Crippen LogP contribution >= 0.6 is 11.8 Å². The van der Waals surface area contributed by atoms with E-state index in [0.29, 0.717) is 28.7 Å². The van der Waals surface area contributed by atoms with E-state index in [1.54, 1.807) is 30.3 Å². The van der Waals surface area contributed by atoms with Crippen LogP contribution in [0.15, 0.2) is 58.1 Å². The summed E-state index contributed by atoms with van der Waals surface area (Å²) in [5.41, 5.74) is 2.64. The lowest BCUT2D eigenvalue weighted by atomic mass is 10.1. The molecule has 29 heavy (non-hydrogen) atoms. The average Bonchev–Trinajstić information content (AvgIpc) is 3.34. The molecule has 0 saturated heterocycles. The number of rotatable bonds is 3. The zero-order valence-electron chi connectivity index (χ0n) is 14.8. The number of aromatic nitrogens is 4. The Morgan fingerprint density at radius 2 is 2.07 bits per heavy atom. The fraction of sp³-hybridized carbons (Fsp3) is 0.118. The number of sulfonamides is 1. The van der Waals surface area contributed by atoms with Crippen LogP contribution in [0.25, 0.3) is 5.69 Å². The number of nitrogens with one attached hydrogen (secondary N) is 1. The van der Waals surface area contributed by atoms with Crippen molar-refractivity contribution in [2.75, 3.05) is 22.5 Å². The number of amidine groups is 1. The summed E-state index contributed by atoms with van der Waals surface area (Å²) in [6.45, 7) is 0.358. The van der Waals surface area contributed by atoms with Gasteiger partial charge >= 0.3 is 0 Å². The third-order valence-corrected chi connectivity index (χ3v) is 6.76. The van der Waals surface area contributed by atoms with Crippen molar-refractivity contribution in [3.8, 4) is 5.69 Å². The van der Waals surface area contributed by atoms with E-state index in [-0.39, 0.29) is 11.7 Å². The number of nitrogens with zero attached hydrogens (tertiary/aromatic N) is 6. The molecule has 146 valence electrons. The topological polar surface area (TPSA) is 122 Å². The van der Waals surface area contributed by atoms with Gasteiger partial charge in [-0.25, -0.2) is 13.1 Å². The minimum absolute atomic E-state index is 0.0175. The van der Waals surface area contributed by atoms with Crippen LogP contribution in [-0.2, 0) is 10.0 Å². The Balaban J connectivity index is 1.38. The van der Waals surface area contributed by atoms with Crippen LogP contribution in [0.4, 0.5) is 11.4 Å². The number of thioether (sulfide) groups is 1. The molecule has 0 spiro atoms. The first-order chi connectivity index (χ1) is 14.0. The molecule has 5 rings (SSSR count). The second kappa shape index (κ2) is 6.67. The molecule has 0 atom stereocenters. The lowest BCUT2D eigenvalue weighted by Gasteiger charge is -2.22. The highest BCUT2D eigenvalue weighted by molar-refractivity contribution is 8.15. The first kappa shape index (κ1) is 17.8. The van der Waals surface area contributed by atoms with Gasteiger partial charge in [-0.1, -0.05) is 6.07 Å². The Morgan fingerprint density at radius 1 is 1.17 bits per heavy atom. The molecule has 3 heterocycles. The molecule has 1 aromatic heterocycles. The van der Waals surface area contributed by atoms with Gasteiger partial charge < -0.3 is 10.2 Å². The highest BCUT2D eigenvalue weighted by Crippen LogP contribution is 2.42. The molecule has 1 amide bonds. The number of carbonyl (C=O) groups excluding carboxylic acids is 1. The second-order valence-corrected chi connectivity index (χ2v) is 9.12. The van der Waals surface area contributed by atoms with Crippen molar-refractivity contribution in [2.45, 2.75) is 4.90 Å². The maximum atomic E-state index is 12.7. The van der Waals surface area contributed by atoms with Crippen LogP contribution in [0.2, 0.25) is 0 Å². The SMILES string of the molecule is O=C(Nc1cccc(-n2cnnn2)c1)c1ccc2c(c1)SC1=NS(=O)(=O)CCN12. The van der Waals surface area contributed by atoms with Gasteiger partial charge in [-0.2, -0.15) is 0 Å². The molecular weight excluding hydrogens is 414 g/mol. The van der Waals surface area contributed by atoms with E-state index < -0.39 is 10.0 Å². The zero-order valence-corrected chi connectivity index (χ0v) is 16.4. The minimum Gasteiger partial charge on any atom is -0.322 e. The lowest BCUT2D eigenvalue weighted by Crippen LogP contribution is -2.35. The number of amides is 1. The van der Waals surface area contributed by atoms with Crippen LogP contribution in [0, 0.1) is 0 Å². The van der Waals surface area contributed by atoms with E-state index in [2.05, 4.69) is 25.2 Å². The van der Waals surface area contributed by atoms with E-state index in [1.807, 2.05) is 17.0 Å². The summed E-state index contributed by atoms with van der Waals surface area (Å²) >= 11 is 1.25. The molecular formula is C17H13N7O3S2. The van der Waals surface area contributed by atoms with Crippen molar-refractivity contribution in [3.63, 3.8) is 0 Å². The van der Waals surface area contributed by atoms with Crippen molar-refractivity contribution < 1.29 is 13.2 Å². The first-order valence-corrected chi connectivity index (χ1v) is 11.0. The summed E-state index contributed by atoms with van der Waals surface area (Å²) in [6, 6.07) is 12.4. The molecule has 0 radical (unpaired) electrons. The Labute approximate surface area is 169 Å². The minimum atomic E-state index is -3.41. The maximum absolute atomic E-state index is 12.7. The highest BCUT2D eigenvalue weighted by atomic mass is 32.2. The molecule has 0 unspecified atom stereocenters. The van der Waals surface area contributed by atoms with Crippen molar-refractivity contribution in [2.24, 2.45) is 4.40 Å². The molecule has 2 aromatic carbocycles. The number of hydrogen-bond acceptors (Lipinski definition) is 8. The van der Waals surface area contributed by atoms with E-state index >= 15 is 0 Å². The third-order valence-electron chi connectivity index (χ3n) is 4.45. The van der Waals surface area contributed by atoms with Crippen LogP contribution in [0.1, 0.15) is 10.4 Å². The standard InChI is InChI=1S/C17H13N7O3S2/c25-16(19-12-2-1-3-13(9-12)24-10-18-21-22-24)11-4-5-14-15(8-11)28-17-20-29(26,27)7-6-23(14)17/h1-5,8-10H,6-7H2,(H,19,25). The van der Waals surface area contributed by atoms with Gasteiger partial charge in [0.15, 0.2) is 5.17 Å². The number of fused-ring (bicyclic) bond motifs is 3. The fourth-order valence-corrected chi connectivity index (χ4v) is 5.38. The van der Waals surface area contributed by atoms with Gasteiger partial charge in [-0.05, 0) is 58.6 Å². The molecule has 12 heteroatoms. The van der Waals surface area contributed by atoms with Gasteiger partial charge in [0.05, 0.1) is 17.1 Å². The van der Waals surface area contributed by atoms with Gasteiger partial charge in [0.1, 0.15) is 6.33 Å². The van der Waals surface area contributed by atoms with Crippen molar-refractivity contribution in [1.82, 2.24) is 20.2 Å². The quantitative estimate of drug-likeness (QED) is 0.668. The monoisotopic (exact) mass is 427 g/mol. The van der Waals surface area contributed by atoms with Crippen LogP contribution in [0.3, 0.4) is 0 Å². The Kier molecular flexibility index (Phi) is 4.10. The van der Waals surface area contributed by atoms with Gasteiger partial charge in [0.25, 0.3) is 15.9 Å². The predicted molar refractivity (Wildman–Crippen MR) is 108 cm³/mol. The first-order valence-electron chi connectivity index (χ1n) is 8.55. The molecule has 0 saturated carbocycles. The third kappa shape index (κ3) is 3.36. The van der Waals surface area contributed by atoms with Gasteiger partial charge in [0.2, 0.25) is 0 Å². The summed E-state index contributed by atoms with van der Waals surface area (Å²) in [6.07, 6.45) is 1.47. The summed E-state index contributed by atoms with van der Waals surface area (Å²) in [4.78, 5) is 15.4. The second-order valence-electron chi connectivity index (χ2n) is 6.35. The fourth-order valence-electron chi connectivity index (χ4n) is 3.08. The maximum Gasteiger partial charge on any atom is 0.257 e. The molecule has 0 bridgehead atoms. The summed E-state index contributed by atoms with van der Waals surface area (Å²) < 4.78 is 28.8. The molecule has 0 fully saturated rings. The van der Waals surface area contributed by atoms with Gasteiger partial charge in [0, 0.05) is 22.7 Å². The van der Waals surface area contributed by atoms with Crippen LogP contribution in [0.5, 0.6) is 0 Å². The van der Waals surface area contributed by atoms with Crippen LogP contribution < -0.4 is 10.2 Å². The molecule has 2 aliphatic rings. The Bertz CT molecular complexity index is 1260.